The van der Waals surface area contributed by atoms with E-state index in [0.29, 0.717) is 0 Å². The number of rotatable bonds is 4. The number of Topliss-reactive ketones (excluding diaryl/α,β-unsaturated/α-hetero) is 1. The van der Waals surface area contributed by atoms with Crippen LogP contribution in [0.15, 0.2) is 0 Å². The van der Waals surface area contributed by atoms with Crippen molar-refractivity contribution in [2.24, 2.45) is 5.92 Å². The van der Waals surface area contributed by atoms with Crippen LogP contribution in [0.3, 0.4) is 0 Å². The van der Waals surface area contributed by atoms with Crippen molar-refractivity contribution in [2.75, 3.05) is 0 Å². The lowest BCUT2D eigenvalue weighted by molar-refractivity contribution is -0.155. The van der Waals surface area contributed by atoms with E-state index in [-0.39, 0.29) is 30.5 Å². The standard InChI is InChI=1S/C11H20O3/c1-8(2)9(12)6-7-10(13)14-11(3,4)5/h8H,6-7H2,1-5H3. The zero-order valence-electron chi connectivity index (χ0n) is 9.72. The molecular formula is C11H20O3. The monoisotopic (exact) mass is 200 g/mol. The smallest absolute Gasteiger partial charge is 0.306 e. The number of hydrogen-bond donors (Lipinski definition) is 0. The van der Waals surface area contributed by atoms with Crippen molar-refractivity contribution in [1.29, 1.82) is 0 Å². The summed E-state index contributed by atoms with van der Waals surface area (Å²) in [5.74, 6) is -0.195. The maximum Gasteiger partial charge on any atom is 0.306 e. The van der Waals surface area contributed by atoms with Crippen molar-refractivity contribution in [3.05, 3.63) is 0 Å². The van der Waals surface area contributed by atoms with Crippen molar-refractivity contribution in [3.63, 3.8) is 0 Å². The zero-order chi connectivity index (χ0) is 11.4. The predicted octanol–water partition coefficient (Wildman–Crippen LogP) is 2.33. The second kappa shape index (κ2) is 5.13. The summed E-state index contributed by atoms with van der Waals surface area (Å²) < 4.78 is 5.08. The third-order valence-electron chi connectivity index (χ3n) is 1.64. The molecule has 0 unspecified atom stereocenters. The topological polar surface area (TPSA) is 43.4 Å². The number of ketones is 1. The van der Waals surface area contributed by atoms with Crippen molar-refractivity contribution < 1.29 is 14.3 Å². The van der Waals surface area contributed by atoms with Gasteiger partial charge in [-0.25, -0.2) is 0 Å². The van der Waals surface area contributed by atoms with Gasteiger partial charge in [-0.2, -0.15) is 0 Å². The molecule has 14 heavy (non-hydrogen) atoms. The van der Waals surface area contributed by atoms with E-state index >= 15 is 0 Å². The molecule has 0 rings (SSSR count). The van der Waals surface area contributed by atoms with Crippen molar-refractivity contribution in [3.8, 4) is 0 Å². The van der Waals surface area contributed by atoms with E-state index in [2.05, 4.69) is 0 Å². The third kappa shape index (κ3) is 6.63. The van der Waals surface area contributed by atoms with Crippen LogP contribution in [-0.2, 0) is 14.3 Å². The van der Waals surface area contributed by atoms with Crippen LogP contribution in [0.5, 0.6) is 0 Å². The van der Waals surface area contributed by atoms with Gasteiger partial charge in [0.25, 0.3) is 0 Å². The van der Waals surface area contributed by atoms with E-state index < -0.39 is 5.60 Å². The van der Waals surface area contributed by atoms with Crippen molar-refractivity contribution >= 4 is 11.8 Å². The molecule has 0 saturated heterocycles. The number of hydrogen-bond acceptors (Lipinski definition) is 3. The Morgan fingerprint density at radius 1 is 1.14 bits per heavy atom. The van der Waals surface area contributed by atoms with Gasteiger partial charge in [-0.1, -0.05) is 13.8 Å². The number of carbonyl (C=O) groups excluding carboxylic acids is 2. The highest BCUT2D eigenvalue weighted by molar-refractivity contribution is 5.84. The summed E-state index contributed by atoms with van der Waals surface area (Å²) in [5, 5.41) is 0. The molecule has 0 aliphatic rings. The first-order chi connectivity index (χ1) is 6.22. The maximum absolute atomic E-state index is 11.2. The van der Waals surface area contributed by atoms with Crippen LogP contribution >= 0.6 is 0 Å². The SMILES string of the molecule is CC(C)C(=O)CCC(=O)OC(C)(C)C. The average molecular weight is 200 g/mol. The molecule has 0 saturated carbocycles. The van der Waals surface area contributed by atoms with E-state index in [1.807, 2.05) is 34.6 Å². The summed E-state index contributed by atoms with van der Waals surface area (Å²) in [6.45, 7) is 9.11. The average Bonchev–Trinajstić information content (AvgIpc) is 1.96. The largest absolute Gasteiger partial charge is 0.460 e. The molecule has 3 nitrogen and oxygen atoms in total. The molecule has 0 N–H and O–H groups in total. The van der Waals surface area contributed by atoms with Gasteiger partial charge in [-0.15, -0.1) is 0 Å². The second-order valence-corrected chi connectivity index (χ2v) is 4.71. The van der Waals surface area contributed by atoms with Crippen molar-refractivity contribution in [1.82, 2.24) is 0 Å². The molecule has 0 aliphatic carbocycles. The van der Waals surface area contributed by atoms with Gasteiger partial charge in [0.2, 0.25) is 0 Å². The Kier molecular flexibility index (Phi) is 4.81. The fourth-order valence-electron chi connectivity index (χ4n) is 0.906. The second-order valence-electron chi connectivity index (χ2n) is 4.71. The molecule has 0 aromatic heterocycles. The molecule has 0 aliphatic heterocycles. The van der Waals surface area contributed by atoms with E-state index in [4.69, 9.17) is 4.74 Å². The Labute approximate surface area is 85.8 Å². The lowest BCUT2D eigenvalue weighted by atomic mass is 10.0. The number of carbonyl (C=O) groups is 2. The Balaban J connectivity index is 3.81. The van der Waals surface area contributed by atoms with Gasteiger partial charge >= 0.3 is 5.97 Å². The van der Waals surface area contributed by atoms with Crippen molar-refractivity contribution in [2.45, 2.75) is 53.1 Å². The first-order valence-corrected chi connectivity index (χ1v) is 4.97. The molecule has 0 aromatic rings. The fraction of sp³-hybridized carbons (Fsp3) is 0.818. The fourth-order valence-corrected chi connectivity index (χ4v) is 0.906. The molecule has 0 atom stereocenters. The Morgan fingerprint density at radius 2 is 1.64 bits per heavy atom. The van der Waals surface area contributed by atoms with Gasteiger partial charge in [0.15, 0.2) is 0 Å². The Bertz CT molecular complexity index is 211. The summed E-state index contributed by atoms with van der Waals surface area (Å²) in [5.41, 5.74) is -0.460. The highest BCUT2D eigenvalue weighted by atomic mass is 16.6. The quantitative estimate of drug-likeness (QED) is 0.654. The highest BCUT2D eigenvalue weighted by Gasteiger charge is 2.17. The van der Waals surface area contributed by atoms with Crippen LogP contribution < -0.4 is 0 Å². The zero-order valence-corrected chi connectivity index (χ0v) is 9.72. The number of esters is 1. The summed E-state index contributed by atoms with van der Waals surface area (Å²) >= 11 is 0. The summed E-state index contributed by atoms with van der Waals surface area (Å²) in [4.78, 5) is 22.4. The minimum Gasteiger partial charge on any atom is -0.460 e. The van der Waals surface area contributed by atoms with E-state index in [1.54, 1.807) is 0 Å². The minimum atomic E-state index is -0.460. The lowest BCUT2D eigenvalue weighted by Crippen LogP contribution is -2.24. The first-order valence-electron chi connectivity index (χ1n) is 4.97. The third-order valence-corrected chi connectivity index (χ3v) is 1.64. The summed E-state index contributed by atoms with van der Waals surface area (Å²) in [6.07, 6.45) is 0.473. The molecule has 82 valence electrons. The molecule has 0 amide bonds. The Morgan fingerprint density at radius 3 is 2.00 bits per heavy atom. The number of ether oxygens (including phenoxy) is 1. The molecule has 0 fully saturated rings. The predicted molar refractivity (Wildman–Crippen MR) is 54.9 cm³/mol. The van der Waals surface area contributed by atoms with Gasteiger partial charge in [-0.05, 0) is 20.8 Å². The van der Waals surface area contributed by atoms with Crippen LogP contribution in [0.4, 0.5) is 0 Å². The van der Waals surface area contributed by atoms with Crippen LogP contribution in [0, 0.1) is 5.92 Å². The maximum atomic E-state index is 11.2. The first kappa shape index (κ1) is 13.1. The van der Waals surface area contributed by atoms with Gasteiger partial charge in [0.05, 0.1) is 6.42 Å². The molecule has 0 bridgehead atoms. The van der Waals surface area contributed by atoms with E-state index in [9.17, 15) is 9.59 Å². The van der Waals surface area contributed by atoms with Gasteiger partial charge in [0.1, 0.15) is 11.4 Å². The molecular weight excluding hydrogens is 180 g/mol. The van der Waals surface area contributed by atoms with E-state index in [1.165, 1.54) is 0 Å². The molecule has 3 heteroatoms. The van der Waals surface area contributed by atoms with Crippen LogP contribution in [-0.4, -0.2) is 17.4 Å². The van der Waals surface area contributed by atoms with Gasteiger partial charge in [0, 0.05) is 12.3 Å². The van der Waals surface area contributed by atoms with Crippen LogP contribution in [0.25, 0.3) is 0 Å². The molecule has 0 radical (unpaired) electrons. The van der Waals surface area contributed by atoms with Gasteiger partial charge in [-0.3, -0.25) is 9.59 Å². The lowest BCUT2D eigenvalue weighted by Gasteiger charge is -2.19. The molecule has 0 aromatic carbocycles. The highest BCUT2D eigenvalue weighted by Crippen LogP contribution is 2.10. The molecule has 0 spiro atoms. The summed E-state index contributed by atoms with van der Waals surface area (Å²) in [6, 6.07) is 0. The van der Waals surface area contributed by atoms with E-state index in [0.717, 1.165) is 0 Å². The van der Waals surface area contributed by atoms with Crippen LogP contribution in [0.2, 0.25) is 0 Å². The Hall–Kier alpha value is -0.860. The van der Waals surface area contributed by atoms with Crippen LogP contribution in [0.1, 0.15) is 47.5 Å². The minimum absolute atomic E-state index is 0.00237. The normalized spacial score (nSPS) is 11.6. The molecule has 0 heterocycles. The van der Waals surface area contributed by atoms with Gasteiger partial charge < -0.3 is 4.74 Å². The summed E-state index contributed by atoms with van der Waals surface area (Å²) in [7, 11) is 0.